The number of hydrogen-bond acceptors (Lipinski definition) is 6. The maximum Gasteiger partial charge on any atom is 0.137 e. The first kappa shape index (κ1) is 18.2. The van der Waals surface area contributed by atoms with Crippen molar-refractivity contribution in [3.8, 4) is 11.3 Å². The zero-order chi connectivity index (χ0) is 20.6. The molecule has 0 aliphatic heterocycles. The van der Waals surface area contributed by atoms with E-state index in [1.807, 2.05) is 6.20 Å². The molecule has 5 heterocycles. The fraction of sp³-hybridized carbons (Fsp3) is 0.318. The van der Waals surface area contributed by atoms with Crippen molar-refractivity contribution in [1.82, 2.24) is 44.6 Å². The first-order valence-electron chi connectivity index (χ1n) is 10.7. The molecule has 0 bridgehead atoms. The number of aromatic amines is 1. The van der Waals surface area contributed by atoms with Crippen molar-refractivity contribution in [2.45, 2.75) is 32.4 Å². The van der Waals surface area contributed by atoms with Crippen LogP contribution in [-0.4, -0.2) is 45.9 Å². The molecular formula is C22H23N9. The summed E-state index contributed by atoms with van der Waals surface area (Å²) in [5.74, 6) is 0.868. The molecule has 1 aliphatic carbocycles. The van der Waals surface area contributed by atoms with Crippen LogP contribution < -0.4 is 5.32 Å². The van der Waals surface area contributed by atoms with Gasteiger partial charge in [0.25, 0.3) is 0 Å². The molecule has 156 valence electrons. The summed E-state index contributed by atoms with van der Waals surface area (Å²) >= 11 is 0. The molecule has 0 radical (unpaired) electrons. The van der Waals surface area contributed by atoms with Crippen LogP contribution in [0.2, 0.25) is 0 Å². The zero-order valence-corrected chi connectivity index (χ0v) is 17.1. The number of nitrogens with one attached hydrogen (secondary N) is 2. The van der Waals surface area contributed by atoms with Crippen molar-refractivity contribution in [2.24, 2.45) is 5.92 Å². The Balaban J connectivity index is 1.18. The number of imidazole rings is 2. The normalized spacial score (nSPS) is 14.5. The molecule has 1 fully saturated rings. The number of fused-ring (bicyclic) bond motifs is 2. The van der Waals surface area contributed by atoms with E-state index in [2.05, 4.69) is 59.5 Å². The van der Waals surface area contributed by atoms with E-state index >= 15 is 0 Å². The predicted octanol–water partition coefficient (Wildman–Crippen LogP) is 2.80. The van der Waals surface area contributed by atoms with Gasteiger partial charge in [0.15, 0.2) is 0 Å². The molecule has 6 rings (SSSR count). The Morgan fingerprint density at radius 2 is 2.10 bits per heavy atom. The van der Waals surface area contributed by atoms with Crippen LogP contribution in [0, 0.1) is 5.92 Å². The van der Waals surface area contributed by atoms with E-state index < -0.39 is 0 Å². The Bertz CT molecular complexity index is 1340. The molecule has 0 amide bonds. The van der Waals surface area contributed by atoms with Gasteiger partial charge in [0.1, 0.15) is 16.9 Å². The Kier molecular flexibility index (Phi) is 4.45. The van der Waals surface area contributed by atoms with Crippen molar-refractivity contribution in [3.05, 3.63) is 60.7 Å². The van der Waals surface area contributed by atoms with Gasteiger partial charge in [-0.3, -0.25) is 4.98 Å². The van der Waals surface area contributed by atoms with Crippen molar-refractivity contribution >= 4 is 16.7 Å². The Hall–Kier alpha value is -3.59. The summed E-state index contributed by atoms with van der Waals surface area (Å²) in [6.45, 7) is 2.56. The van der Waals surface area contributed by atoms with Gasteiger partial charge in [-0.2, -0.15) is 0 Å². The SMILES string of the molecule is c1nc2cncc(-c3cn(Cc4cn5cc(CNCC6CCC6)ccc5n4)nn3)c2[nH]1. The van der Waals surface area contributed by atoms with Gasteiger partial charge in [0.2, 0.25) is 0 Å². The van der Waals surface area contributed by atoms with Gasteiger partial charge in [-0.15, -0.1) is 5.10 Å². The van der Waals surface area contributed by atoms with E-state index in [0.29, 0.717) is 6.54 Å². The standard InChI is InChI=1S/C22H23N9/c1-2-15(3-1)6-23-7-16-4-5-21-27-17(11-30(21)10-16)12-31-13-20(28-29-31)18-8-24-9-19-22(18)26-14-25-19/h4-5,8-11,13-15,23H,1-3,6-7,12H2,(H,25,26). The summed E-state index contributed by atoms with van der Waals surface area (Å²) in [5.41, 5.74) is 6.50. The molecule has 0 atom stereocenters. The molecule has 9 heteroatoms. The van der Waals surface area contributed by atoms with Crippen LogP contribution in [0.25, 0.3) is 27.9 Å². The molecule has 5 aromatic heterocycles. The van der Waals surface area contributed by atoms with Crippen molar-refractivity contribution in [1.29, 1.82) is 0 Å². The molecule has 0 aromatic carbocycles. The van der Waals surface area contributed by atoms with Gasteiger partial charge in [0, 0.05) is 30.7 Å². The van der Waals surface area contributed by atoms with Gasteiger partial charge in [-0.1, -0.05) is 17.7 Å². The largest absolute Gasteiger partial charge is 0.344 e. The minimum atomic E-state index is 0.552. The predicted molar refractivity (Wildman–Crippen MR) is 116 cm³/mol. The van der Waals surface area contributed by atoms with E-state index in [4.69, 9.17) is 4.98 Å². The molecule has 1 aliphatic rings. The number of H-pyrrole nitrogens is 1. The highest BCUT2D eigenvalue weighted by atomic mass is 15.4. The van der Waals surface area contributed by atoms with Crippen molar-refractivity contribution in [3.63, 3.8) is 0 Å². The summed E-state index contributed by atoms with van der Waals surface area (Å²) in [6, 6.07) is 4.22. The Morgan fingerprint density at radius 3 is 3.00 bits per heavy atom. The minimum Gasteiger partial charge on any atom is -0.344 e. The van der Waals surface area contributed by atoms with E-state index in [-0.39, 0.29) is 0 Å². The van der Waals surface area contributed by atoms with Crippen molar-refractivity contribution in [2.75, 3.05) is 6.54 Å². The highest BCUT2D eigenvalue weighted by molar-refractivity contribution is 5.89. The topological polar surface area (TPSA) is 102 Å². The smallest absolute Gasteiger partial charge is 0.137 e. The van der Waals surface area contributed by atoms with Crippen LogP contribution in [-0.2, 0) is 13.1 Å². The third-order valence-electron chi connectivity index (χ3n) is 6.03. The van der Waals surface area contributed by atoms with E-state index in [9.17, 15) is 0 Å². The average molecular weight is 413 g/mol. The Labute approximate surface area is 178 Å². The van der Waals surface area contributed by atoms with Gasteiger partial charge < -0.3 is 14.7 Å². The van der Waals surface area contributed by atoms with Crippen LogP contribution in [0.1, 0.15) is 30.5 Å². The first-order valence-corrected chi connectivity index (χ1v) is 10.7. The van der Waals surface area contributed by atoms with Gasteiger partial charge >= 0.3 is 0 Å². The number of pyridine rings is 2. The van der Waals surface area contributed by atoms with Gasteiger partial charge in [0.05, 0.1) is 36.5 Å². The summed E-state index contributed by atoms with van der Waals surface area (Å²) in [7, 11) is 0. The second-order valence-corrected chi connectivity index (χ2v) is 8.25. The van der Waals surface area contributed by atoms with Crippen LogP contribution in [0.3, 0.4) is 0 Å². The zero-order valence-electron chi connectivity index (χ0n) is 17.1. The molecule has 31 heavy (non-hydrogen) atoms. The summed E-state index contributed by atoms with van der Waals surface area (Å²) in [5, 5.41) is 12.2. The van der Waals surface area contributed by atoms with Gasteiger partial charge in [-0.25, -0.2) is 14.6 Å². The minimum absolute atomic E-state index is 0.552. The fourth-order valence-electron chi connectivity index (χ4n) is 4.11. The van der Waals surface area contributed by atoms with E-state index in [0.717, 1.165) is 52.6 Å². The van der Waals surface area contributed by atoms with Crippen LogP contribution in [0.4, 0.5) is 0 Å². The highest BCUT2D eigenvalue weighted by Crippen LogP contribution is 2.25. The number of hydrogen-bond donors (Lipinski definition) is 2. The lowest BCUT2D eigenvalue weighted by atomic mass is 9.85. The molecule has 0 saturated heterocycles. The van der Waals surface area contributed by atoms with Crippen LogP contribution >= 0.6 is 0 Å². The van der Waals surface area contributed by atoms with E-state index in [1.54, 1.807) is 23.4 Å². The monoisotopic (exact) mass is 413 g/mol. The molecule has 1 saturated carbocycles. The maximum absolute atomic E-state index is 4.73. The molecule has 0 unspecified atom stereocenters. The first-order chi connectivity index (χ1) is 15.3. The summed E-state index contributed by atoms with van der Waals surface area (Å²) in [6.07, 6.45) is 15.4. The third kappa shape index (κ3) is 3.57. The molecule has 5 aromatic rings. The third-order valence-corrected chi connectivity index (χ3v) is 6.03. The quantitative estimate of drug-likeness (QED) is 0.425. The summed E-state index contributed by atoms with van der Waals surface area (Å²) < 4.78 is 3.89. The lowest BCUT2D eigenvalue weighted by molar-refractivity contribution is 0.301. The molecule has 9 nitrogen and oxygen atoms in total. The molecular weight excluding hydrogens is 390 g/mol. The van der Waals surface area contributed by atoms with Crippen molar-refractivity contribution < 1.29 is 0 Å². The second kappa shape index (κ2) is 7.59. The number of aromatic nitrogens is 8. The highest BCUT2D eigenvalue weighted by Gasteiger charge is 2.16. The Morgan fingerprint density at radius 1 is 1.13 bits per heavy atom. The molecule has 0 spiro atoms. The number of rotatable bonds is 7. The van der Waals surface area contributed by atoms with Crippen LogP contribution in [0.5, 0.6) is 0 Å². The van der Waals surface area contributed by atoms with E-state index in [1.165, 1.54) is 24.8 Å². The van der Waals surface area contributed by atoms with Crippen LogP contribution in [0.15, 0.2) is 49.4 Å². The maximum atomic E-state index is 4.73. The average Bonchev–Trinajstić information content (AvgIpc) is 3.48. The summed E-state index contributed by atoms with van der Waals surface area (Å²) in [4.78, 5) is 16.4. The molecule has 2 N–H and O–H groups in total. The van der Waals surface area contributed by atoms with Gasteiger partial charge in [-0.05, 0) is 36.9 Å². The second-order valence-electron chi connectivity index (χ2n) is 8.25. The number of nitrogens with zero attached hydrogens (tertiary/aromatic N) is 7. The lowest BCUT2D eigenvalue weighted by Gasteiger charge is -2.25. The fourth-order valence-corrected chi connectivity index (χ4v) is 4.11. The lowest BCUT2D eigenvalue weighted by Crippen LogP contribution is -2.26.